The van der Waals surface area contributed by atoms with Crippen LogP contribution in [0.3, 0.4) is 0 Å². The zero-order chi connectivity index (χ0) is 13.9. The molecule has 0 aliphatic rings. The van der Waals surface area contributed by atoms with Crippen molar-refractivity contribution < 1.29 is 4.39 Å². The van der Waals surface area contributed by atoms with Gasteiger partial charge in [-0.3, -0.25) is 0 Å². The van der Waals surface area contributed by atoms with Crippen LogP contribution in [0.15, 0.2) is 36.5 Å². The van der Waals surface area contributed by atoms with Crippen molar-refractivity contribution in [2.24, 2.45) is 5.73 Å². The number of hydrogen-bond acceptors (Lipinski definition) is 3. The minimum atomic E-state index is -0.274. The summed E-state index contributed by atoms with van der Waals surface area (Å²) in [6, 6.07) is 8.34. The van der Waals surface area contributed by atoms with Crippen LogP contribution in [0.2, 0.25) is 0 Å². The Balaban J connectivity index is 2.43. The summed E-state index contributed by atoms with van der Waals surface area (Å²) in [7, 11) is 0. The van der Waals surface area contributed by atoms with E-state index in [-0.39, 0.29) is 11.2 Å². The molecule has 2 aromatic rings. The number of nitrogens with two attached hydrogens (primary N) is 1. The summed E-state index contributed by atoms with van der Waals surface area (Å²) in [6.45, 7) is 4.65. The highest BCUT2D eigenvalue weighted by Gasteiger charge is 2.23. The van der Waals surface area contributed by atoms with E-state index in [0.717, 1.165) is 6.42 Å². The van der Waals surface area contributed by atoms with Crippen molar-refractivity contribution in [2.75, 3.05) is 6.54 Å². The monoisotopic (exact) mass is 259 g/mol. The SMILES string of the molecule is CC(C)(CCN)c1nccc(-c2ccccc2F)n1. The maximum absolute atomic E-state index is 13.8. The quantitative estimate of drug-likeness (QED) is 0.918. The maximum atomic E-state index is 13.8. The fraction of sp³-hybridized carbons (Fsp3) is 0.333. The molecule has 2 rings (SSSR count). The average molecular weight is 259 g/mol. The normalized spacial score (nSPS) is 11.6. The zero-order valence-corrected chi connectivity index (χ0v) is 11.2. The van der Waals surface area contributed by atoms with Crippen molar-refractivity contribution in [3.05, 3.63) is 48.2 Å². The molecular formula is C15H18FN3. The van der Waals surface area contributed by atoms with Gasteiger partial charge in [0, 0.05) is 17.2 Å². The van der Waals surface area contributed by atoms with E-state index in [2.05, 4.69) is 9.97 Å². The van der Waals surface area contributed by atoms with Gasteiger partial charge in [0.25, 0.3) is 0 Å². The number of hydrogen-bond donors (Lipinski definition) is 1. The third-order valence-electron chi connectivity index (χ3n) is 3.18. The number of nitrogens with zero attached hydrogens (tertiary/aromatic N) is 2. The van der Waals surface area contributed by atoms with Crippen LogP contribution in [0, 0.1) is 5.82 Å². The average Bonchev–Trinajstić information content (AvgIpc) is 2.39. The van der Waals surface area contributed by atoms with Gasteiger partial charge in [-0.05, 0) is 31.2 Å². The number of benzene rings is 1. The molecule has 0 fully saturated rings. The largest absolute Gasteiger partial charge is 0.330 e. The lowest BCUT2D eigenvalue weighted by Crippen LogP contribution is -2.24. The molecule has 0 unspecified atom stereocenters. The first-order chi connectivity index (χ1) is 9.04. The Bertz CT molecular complexity index is 567. The molecular weight excluding hydrogens is 241 g/mol. The van der Waals surface area contributed by atoms with E-state index >= 15 is 0 Å². The van der Waals surface area contributed by atoms with Crippen LogP contribution >= 0.6 is 0 Å². The summed E-state index contributed by atoms with van der Waals surface area (Å²) in [4.78, 5) is 8.78. The van der Waals surface area contributed by atoms with Gasteiger partial charge in [-0.15, -0.1) is 0 Å². The third kappa shape index (κ3) is 2.96. The minimum absolute atomic E-state index is 0.212. The molecule has 2 N–H and O–H groups in total. The van der Waals surface area contributed by atoms with Crippen molar-refractivity contribution in [3.63, 3.8) is 0 Å². The minimum Gasteiger partial charge on any atom is -0.330 e. The van der Waals surface area contributed by atoms with E-state index in [1.165, 1.54) is 6.07 Å². The van der Waals surface area contributed by atoms with Gasteiger partial charge >= 0.3 is 0 Å². The van der Waals surface area contributed by atoms with Crippen molar-refractivity contribution in [1.29, 1.82) is 0 Å². The summed E-state index contributed by atoms with van der Waals surface area (Å²) in [6.07, 6.45) is 2.45. The number of rotatable bonds is 4. The summed E-state index contributed by atoms with van der Waals surface area (Å²) < 4.78 is 13.8. The Labute approximate surface area is 112 Å². The molecule has 100 valence electrons. The molecule has 0 saturated heterocycles. The van der Waals surface area contributed by atoms with Gasteiger partial charge in [0.2, 0.25) is 0 Å². The van der Waals surface area contributed by atoms with Gasteiger partial charge in [-0.2, -0.15) is 0 Å². The molecule has 0 aliphatic carbocycles. The van der Waals surface area contributed by atoms with Crippen molar-refractivity contribution in [2.45, 2.75) is 25.7 Å². The van der Waals surface area contributed by atoms with Gasteiger partial charge in [0.05, 0.1) is 5.69 Å². The summed E-state index contributed by atoms with van der Waals surface area (Å²) >= 11 is 0. The smallest absolute Gasteiger partial charge is 0.134 e. The molecule has 0 bridgehead atoms. The lowest BCUT2D eigenvalue weighted by atomic mass is 9.88. The van der Waals surface area contributed by atoms with Gasteiger partial charge < -0.3 is 5.73 Å². The van der Waals surface area contributed by atoms with E-state index in [1.807, 2.05) is 13.8 Å². The zero-order valence-electron chi connectivity index (χ0n) is 11.2. The molecule has 3 nitrogen and oxygen atoms in total. The summed E-state index contributed by atoms with van der Waals surface area (Å²) in [5.41, 5.74) is 6.50. The maximum Gasteiger partial charge on any atom is 0.134 e. The Morgan fingerprint density at radius 2 is 1.95 bits per heavy atom. The first-order valence-corrected chi connectivity index (χ1v) is 6.33. The molecule has 4 heteroatoms. The van der Waals surface area contributed by atoms with E-state index < -0.39 is 0 Å². The number of aromatic nitrogens is 2. The van der Waals surface area contributed by atoms with Crippen LogP contribution in [0.5, 0.6) is 0 Å². The molecule has 1 heterocycles. The summed E-state index contributed by atoms with van der Waals surface area (Å²) in [5.74, 6) is 0.419. The fourth-order valence-electron chi connectivity index (χ4n) is 1.98. The summed E-state index contributed by atoms with van der Waals surface area (Å²) in [5, 5.41) is 0. The van der Waals surface area contributed by atoms with Crippen LogP contribution in [0.25, 0.3) is 11.3 Å². The molecule has 0 amide bonds. The molecule has 1 aromatic carbocycles. The van der Waals surface area contributed by atoms with Crippen molar-refractivity contribution in [3.8, 4) is 11.3 Å². The van der Waals surface area contributed by atoms with Crippen molar-refractivity contribution >= 4 is 0 Å². The molecule has 0 aliphatic heterocycles. The second-order valence-corrected chi connectivity index (χ2v) is 5.17. The standard InChI is InChI=1S/C15H18FN3/c1-15(2,8-9-17)14-18-10-7-13(19-14)11-5-3-4-6-12(11)16/h3-7,10H,8-9,17H2,1-2H3. The van der Waals surface area contributed by atoms with E-state index in [0.29, 0.717) is 23.6 Å². The Hall–Kier alpha value is -1.81. The lowest BCUT2D eigenvalue weighted by Gasteiger charge is -2.22. The Morgan fingerprint density at radius 3 is 2.63 bits per heavy atom. The number of halogens is 1. The highest BCUT2D eigenvalue weighted by molar-refractivity contribution is 5.59. The second kappa shape index (κ2) is 5.45. The predicted octanol–water partition coefficient (Wildman–Crippen LogP) is 2.91. The predicted molar refractivity (Wildman–Crippen MR) is 74.1 cm³/mol. The van der Waals surface area contributed by atoms with Gasteiger partial charge in [-0.1, -0.05) is 26.0 Å². The molecule has 0 spiro atoms. The van der Waals surface area contributed by atoms with Crippen molar-refractivity contribution in [1.82, 2.24) is 9.97 Å². The van der Waals surface area contributed by atoms with Crippen LogP contribution in [-0.4, -0.2) is 16.5 Å². The van der Waals surface area contributed by atoms with E-state index in [1.54, 1.807) is 30.5 Å². The highest BCUT2D eigenvalue weighted by atomic mass is 19.1. The van der Waals surface area contributed by atoms with Gasteiger partial charge in [0.15, 0.2) is 0 Å². The first kappa shape index (κ1) is 13.6. The highest BCUT2D eigenvalue weighted by Crippen LogP contribution is 2.26. The molecule has 19 heavy (non-hydrogen) atoms. The van der Waals surface area contributed by atoms with Crippen LogP contribution in [0.1, 0.15) is 26.1 Å². The topological polar surface area (TPSA) is 51.8 Å². The van der Waals surface area contributed by atoms with Crippen LogP contribution in [-0.2, 0) is 5.41 Å². The van der Waals surface area contributed by atoms with Crippen LogP contribution < -0.4 is 5.73 Å². The van der Waals surface area contributed by atoms with Gasteiger partial charge in [0.1, 0.15) is 11.6 Å². The molecule has 1 aromatic heterocycles. The fourth-order valence-corrected chi connectivity index (χ4v) is 1.98. The van der Waals surface area contributed by atoms with E-state index in [9.17, 15) is 4.39 Å². The van der Waals surface area contributed by atoms with E-state index in [4.69, 9.17) is 5.73 Å². The first-order valence-electron chi connectivity index (χ1n) is 6.33. The lowest BCUT2D eigenvalue weighted by molar-refractivity contribution is 0.457. The van der Waals surface area contributed by atoms with Gasteiger partial charge in [-0.25, -0.2) is 14.4 Å². The van der Waals surface area contributed by atoms with Crippen LogP contribution in [0.4, 0.5) is 4.39 Å². The second-order valence-electron chi connectivity index (χ2n) is 5.17. The molecule has 0 atom stereocenters. The molecule has 0 saturated carbocycles. The Morgan fingerprint density at radius 1 is 1.21 bits per heavy atom. The molecule has 0 radical (unpaired) electrons. The Kier molecular flexibility index (Phi) is 3.90. The third-order valence-corrected chi connectivity index (χ3v) is 3.18.